The third kappa shape index (κ3) is 2.56. The molecule has 0 radical (unpaired) electrons. The molecule has 1 saturated heterocycles. The predicted molar refractivity (Wildman–Crippen MR) is 91.3 cm³/mol. The molecule has 5 heteroatoms. The lowest BCUT2D eigenvalue weighted by Gasteiger charge is -2.41. The summed E-state index contributed by atoms with van der Waals surface area (Å²) in [5.41, 5.74) is 8.78. The van der Waals surface area contributed by atoms with E-state index in [1.807, 2.05) is 0 Å². The average Bonchev–Trinajstić information content (AvgIpc) is 2.55. The summed E-state index contributed by atoms with van der Waals surface area (Å²) in [7, 11) is 0. The molecule has 1 aliphatic carbocycles. The fraction of sp³-hybridized carbons (Fsp3) is 0.765. The number of piperazine rings is 1. The lowest BCUT2D eigenvalue weighted by molar-refractivity contribution is 0.257. The first kappa shape index (κ1) is 15.5. The summed E-state index contributed by atoms with van der Waals surface area (Å²) in [5.74, 6) is 2.14. The number of rotatable bonds is 3. The Labute approximate surface area is 133 Å². The van der Waals surface area contributed by atoms with E-state index in [1.54, 1.807) is 0 Å². The van der Waals surface area contributed by atoms with E-state index in [-0.39, 0.29) is 5.41 Å². The highest BCUT2D eigenvalue weighted by Crippen LogP contribution is 2.45. The van der Waals surface area contributed by atoms with Crippen LogP contribution in [0.4, 0.5) is 11.8 Å². The van der Waals surface area contributed by atoms with Crippen LogP contribution in [0.1, 0.15) is 51.3 Å². The van der Waals surface area contributed by atoms with Crippen LogP contribution < -0.4 is 16.0 Å². The Morgan fingerprint density at radius 3 is 2.73 bits per heavy atom. The van der Waals surface area contributed by atoms with Crippen LogP contribution in [0.3, 0.4) is 0 Å². The highest BCUT2D eigenvalue weighted by Gasteiger charge is 2.39. The van der Waals surface area contributed by atoms with E-state index >= 15 is 0 Å². The largest absolute Gasteiger partial charge is 0.368 e. The fourth-order valence-corrected chi connectivity index (χ4v) is 4.01. The second-order valence-electron chi connectivity index (χ2n) is 7.05. The summed E-state index contributed by atoms with van der Waals surface area (Å²) in [6, 6.07) is 0. The van der Waals surface area contributed by atoms with Gasteiger partial charge in [0.25, 0.3) is 0 Å². The Morgan fingerprint density at radius 1 is 1.32 bits per heavy atom. The molecule has 1 aromatic rings. The van der Waals surface area contributed by atoms with Crippen molar-refractivity contribution in [2.75, 3.05) is 36.8 Å². The first-order valence-corrected chi connectivity index (χ1v) is 8.68. The monoisotopic (exact) mass is 303 g/mol. The minimum atomic E-state index is 0.127. The van der Waals surface area contributed by atoms with Gasteiger partial charge in [0.15, 0.2) is 0 Å². The molecule has 2 heterocycles. The molecule has 0 aromatic carbocycles. The number of hydrogen-bond acceptors (Lipinski definition) is 5. The quantitative estimate of drug-likeness (QED) is 0.895. The average molecular weight is 303 g/mol. The summed E-state index contributed by atoms with van der Waals surface area (Å²) in [6.45, 7) is 11.0. The number of nitrogens with two attached hydrogens (primary N) is 1. The van der Waals surface area contributed by atoms with Gasteiger partial charge in [-0.2, -0.15) is 4.98 Å². The van der Waals surface area contributed by atoms with E-state index in [9.17, 15) is 0 Å². The summed E-state index contributed by atoms with van der Waals surface area (Å²) >= 11 is 0. The lowest BCUT2D eigenvalue weighted by atomic mass is 9.66. The van der Waals surface area contributed by atoms with Gasteiger partial charge in [-0.1, -0.05) is 27.2 Å². The molecular formula is C17H29N5. The molecule has 0 saturated carbocycles. The molecule has 2 aliphatic rings. The molecule has 2 atom stereocenters. The van der Waals surface area contributed by atoms with Gasteiger partial charge in [-0.15, -0.1) is 0 Å². The molecule has 3 N–H and O–H groups in total. The molecule has 1 aromatic heterocycles. The first-order valence-electron chi connectivity index (χ1n) is 8.68. The van der Waals surface area contributed by atoms with Gasteiger partial charge in [0, 0.05) is 37.2 Å². The number of anilines is 2. The van der Waals surface area contributed by atoms with Gasteiger partial charge in [0.05, 0.1) is 5.69 Å². The Balaban J connectivity index is 2.07. The highest BCUT2D eigenvalue weighted by molar-refractivity contribution is 5.55. The van der Waals surface area contributed by atoms with Crippen LogP contribution in [-0.2, 0) is 11.8 Å². The Kier molecular flexibility index (Phi) is 4.26. The van der Waals surface area contributed by atoms with Crippen LogP contribution in [-0.4, -0.2) is 36.1 Å². The van der Waals surface area contributed by atoms with E-state index in [2.05, 4.69) is 36.0 Å². The molecular weight excluding hydrogens is 274 g/mol. The first-order chi connectivity index (χ1) is 10.6. The summed E-state index contributed by atoms with van der Waals surface area (Å²) in [5, 5.41) is 3.41. The molecule has 1 fully saturated rings. The maximum absolute atomic E-state index is 6.09. The third-order valence-electron chi connectivity index (χ3n) is 5.78. The van der Waals surface area contributed by atoms with Gasteiger partial charge in [0.1, 0.15) is 5.82 Å². The number of hydrogen-bond donors (Lipinski definition) is 2. The SMILES string of the molecule is CCC(C)C1(C)CCCc2c(N3CCNCC3)nc(N)nc21. The second kappa shape index (κ2) is 6.03. The normalized spacial score (nSPS) is 26.6. The number of nitrogen functional groups attached to an aromatic ring is 1. The second-order valence-corrected chi connectivity index (χ2v) is 7.05. The van der Waals surface area contributed by atoms with Crippen LogP contribution in [0.15, 0.2) is 0 Å². The zero-order valence-corrected chi connectivity index (χ0v) is 14.2. The maximum Gasteiger partial charge on any atom is 0.222 e. The molecule has 2 unspecified atom stereocenters. The predicted octanol–water partition coefficient (Wildman–Crippen LogP) is 2.11. The van der Waals surface area contributed by atoms with E-state index < -0.39 is 0 Å². The summed E-state index contributed by atoms with van der Waals surface area (Å²) < 4.78 is 0. The Bertz CT molecular complexity index is 538. The van der Waals surface area contributed by atoms with E-state index in [0.717, 1.165) is 38.4 Å². The fourth-order valence-electron chi connectivity index (χ4n) is 4.01. The standard InChI is InChI=1S/C17H29N5/c1-4-12(2)17(3)7-5-6-13-14(17)20-16(18)21-15(13)22-10-8-19-9-11-22/h12,19H,4-11H2,1-3H3,(H2,18,20,21). The van der Waals surface area contributed by atoms with Gasteiger partial charge in [-0.25, -0.2) is 4.98 Å². The molecule has 0 amide bonds. The summed E-state index contributed by atoms with van der Waals surface area (Å²) in [4.78, 5) is 11.7. The topological polar surface area (TPSA) is 67.1 Å². The van der Waals surface area contributed by atoms with Gasteiger partial charge in [0.2, 0.25) is 5.95 Å². The van der Waals surface area contributed by atoms with E-state index in [4.69, 9.17) is 10.7 Å². The van der Waals surface area contributed by atoms with Crippen molar-refractivity contribution in [2.24, 2.45) is 5.92 Å². The van der Waals surface area contributed by atoms with Crippen molar-refractivity contribution < 1.29 is 0 Å². The minimum absolute atomic E-state index is 0.127. The zero-order valence-electron chi connectivity index (χ0n) is 14.2. The Hall–Kier alpha value is -1.36. The summed E-state index contributed by atoms with van der Waals surface area (Å²) in [6.07, 6.45) is 4.68. The molecule has 5 nitrogen and oxygen atoms in total. The van der Waals surface area contributed by atoms with Crippen LogP contribution in [0, 0.1) is 5.92 Å². The van der Waals surface area contributed by atoms with Crippen molar-refractivity contribution in [3.05, 3.63) is 11.3 Å². The van der Waals surface area contributed by atoms with Gasteiger partial charge in [-0.3, -0.25) is 0 Å². The lowest BCUT2D eigenvalue weighted by Crippen LogP contribution is -2.45. The molecule has 0 bridgehead atoms. The Morgan fingerprint density at radius 2 is 2.05 bits per heavy atom. The van der Waals surface area contributed by atoms with Crippen molar-refractivity contribution in [3.63, 3.8) is 0 Å². The zero-order chi connectivity index (χ0) is 15.7. The highest BCUT2D eigenvalue weighted by atomic mass is 15.2. The van der Waals surface area contributed by atoms with E-state index in [1.165, 1.54) is 30.5 Å². The van der Waals surface area contributed by atoms with Crippen molar-refractivity contribution >= 4 is 11.8 Å². The molecule has 22 heavy (non-hydrogen) atoms. The van der Waals surface area contributed by atoms with Gasteiger partial charge >= 0.3 is 0 Å². The van der Waals surface area contributed by atoms with E-state index in [0.29, 0.717) is 11.9 Å². The van der Waals surface area contributed by atoms with Gasteiger partial charge in [-0.05, 0) is 25.2 Å². The van der Waals surface area contributed by atoms with Crippen LogP contribution >= 0.6 is 0 Å². The van der Waals surface area contributed by atoms with Gasteiger partial charge < -0.3 is 16.0 Å². The molecule has 3 rings (SSSR count). The third-order valence-corrected chi connectivity index (χ3v) is 5.78. The smallest absolute Gasteiger partial charge is 0.222 e. The molecule has 0 spiro atoms. The van der Waals surface area contributed by atoms with Crippen molar-refractivity contribution in [2.45, 2.75) is 51.9 Å². The molecule has 1 aliphatic heterocycles. The van der Waals surface area contributed by atoms with Crippen LogP contribution in [0.5, 0.6) is 0 Å². The van der Waals surface area contributed by atoms with Crippen molar-refractivity contribution in [1.82, 2.24) is 15.3 Å². The van der Waals surface area contributed by atoms with Crippen LogP contribution in [0.25, 0.3) is 0 Å². The van der Waals surface area contributed by atoms with Crippen molar-refractivity contribution in [1.29, 1.82) is 0 Å². The molecule has 122 valence electrons. The number of nitrogens with zero attached hydrogens (tertiary/aromatic N) is 3. The number of fused-ring (bicyclic) bond motifs is 1. The number of nitrogens with one attached hydrogen (secondary N) is 1. The van der Waals surface area contributed by atoms with Crippen molar-refractivity contribution in [3.8, 4) is 0 Å². The minimum Gasteiger partial charge on any atom is -0.368 e. The maximum atomic E-state index is 6.09. The van der Waals surface area contributed by atoms with Crippen LogP contribution in [0.2, 0.25) is 0 Å². The number of aromatic nitrogens is 2.